The van der Waals surface area contributed by atoms with Gasteiger partial charge in [-0.1, -0.05) is 164 Å². The van der Waals surface area contributed by atoms with Crippen LogP contribution in [0.1, 0.15) is 194 Å². The molecule has 0 amide bonds. The molecule has 56 heavy (non-hydrogen) atoms. The van der Waals surface area contributed by atoms with Crippen molar-refractivity contribution in [2.45, 2.75) is 200 Å². The molecule has 1 unspecified atom stereocenters. The molecular weight excluding hydrogens is 697 g/mol. The van der Waals surface area contributed by atoms with Crippen molar-refractivity contribution in [2.24, 2.45) is 0 Å². The number of hydrogen-bond donors (Lipinski definition) is 0. The maximum absolute atomic E-state index is 12.7. The van der Waals surface area contributed by atoms with E-state index in [1.165, 1.54) is 44.9 Å². The maximum Gasteiger partial charge on any atom is 0.306 e. The van der Waals surface area contributed by atoms with Crippen LogP contribution in [-0.4, -0.2) is 37.2 Å². The Balaban J connectivity index is 4.52. The summed E-state index contributed by atoms with van der Waals surface area (Å²) in [6.45, 7) is 6.34. The van der Waals surface area contributed by atoms with Gasteiger partial charge in [-0.3, -0.25) is 14.4 Å². The lowest BCUT2D eigenvalue weighted by Crippen LogP contribution is -2.30. The summed E-state index contributed by atoms with van der Waals surface area (Å²) in [4.78, 5) is 37.7. The number of carbonyl (C=O) groups is 3. The van der Waals surface area contributed by atoms with Gasteiger partial charge in [-0.05, 0) is 96.3 Å². The van der Waals surface area contributed by atoms with Crippen molar-refractivity contribution in [3.8, 4) is 0 Å². The number of rotatable bonds is 39. The van der Waals surface area contributed by atoms with E-state index in [1.54, 1.807) is 0 Å². The van der Waals surface area contributed by atoms with Gasteiger partial charge in [0, 0.05) is 19.3 Å². The van der Waals surface area contributed by atoms with Crippen LogP contribution in [0.2, 0.25) is 0 Å². The smallest absolute Gasteiger partial charge is 0.306 e. The lowest BCUT2D eigenvalue weighted by molar-refractivity contribution is -0.166. The van der Waals surface area contributed by atoms with Gasteiger partial charge in [0.2, 0.25) is 0 Å². The van der Waals surface area contributed by atoms with Gasteiger partial charge in [-0.25, -0.2) is 0 Å². The van der Waals surface area contributed by atoms with Crippen LogP contribution >= 0.6 is 0 Å². The zero-order chi connectivity index (χ0) is 40.8. The first kappa shape index (κ1) is 52.6. The van der Waals surface area contributed by atoms with Gasteiger partial charge in [0.15, 0.2) is 6.10 Å². The largest absolute Gasteiger partial charge is 0.462 e. The zero-order valence-electron chi connectivity index (χ0n) is 36.1. The highest BCUT2D eigenvalue weighted by Gasteiger charge is 2.19. The Bertz CT molecular complexity index is 1120. The fraction of sp³-hybridized carbons (Fsp3) is 0.660. The molecule has 0 aliphatic rings. The minimum absolute atomic E-state index is 0.110. The lowest BCUT2D eigenvalue weighted by atomic mass is 10.1. The third kappa shape index (κ3) is 41.7. The zero-order valence-corrected chi connectivity index (χ0v) is 36.1. The second-order valence-corrected chi connectivity index (χ2v) is 14.6. The Hall–Kier alpha value is -3.41. The Morgan fingerprint density at radius 3 is 1.25 bits per heavy atom. The number of unbranched alkanes of at least 4 members (excludes halogenated alkanes) is 14. The monoisotopic (exact) mass is 779 g/mol. The first-order valence-electron chi connectivity index (χ1n) is 22.6. The molecule has 0 saturated heterocycles. The summed E-state index contributed by atoms with van der Waals surface area (Å²) in [5.41, 5.74) is 0. The molecule has 0 aliphatic heterocycles. The van der Waals surface area contributed by atoms with Crippen molar-refractivity contribution in [3.63, 3.8) is 0 Å². The molecule has 0 radical (unpaired) electrons. The van der Waals surface area contributed by atoms with Gasteiger partial charge in [-0.15, -0.1) is 0 Å². The van der Waals surface area contributed by atoms with Crippen molar-refractivity contribution < 1.29 is 28.6 Å². The van der Waals surface area contributed by atoms with E-state index in [2.05, 4.69) is 93.7 Å². The minimum atomic E-state index is -0.812. The van der Waals surface area contributed by atoms with Crippen LogP contribution in [0.25, 0.3) is 0 Å². The third-order valence-corrected chi connectivity index (χ3v) is 9.12. The average molecular weight is 779 g/mol. The number of carbonyl (C=O) groups excluding carboxylic acids is 3. The first-order chi connectivity index (χ1) is 27.5. The predicted octanol–water partition coefficient (Wildman–Crippen LogP) is 14.5. The van der Waals surface area contributed by atoms with Crippen LogP contribution < -0.4 is 0 Å². The first-order valence-corrected chi connectivity index (χ1v) is 22.6. The quantitative estimate of drug-likeness (QED) is 0.0268. The van der Waals surface area contributed by atoms with E-state index < -0.39 is 6.10 Å². The summed E-state index contributed by atoms with van der Waals surface area (Å²) in [6.07, 6.45) is 55.8. The summed E-state index contributed by atoms with van der Waals surface area (Å²) in [6, 6.07) is 0. The van der Waals surface area contributed by atoms with E-state index in [-0.39, 0.29) is 37.5 Å². The molecule has 0 spiro atoms. The van der Waals surface area contributed by atoms with Crippen LogP contribution in [-0.2, 0) is 28.6 Å². The van der Waals surface area contributed by atoms with Crippen LogP contribution in [0, 0.1) is 0 Å². The minimum Gasteiger partial charge on any atom is -0.462 e. The molecule has 0 aliphatic carbocycles. The van der Waals surface area contributed by atoms with Gasteiger partial charge in [0.05, 0.1) is 0 Å². The fourth-order valence-electron chi connectivity index (χ4n) is 5.70. The Morgan fingerprint density at radius 2 is 0.750 bits per heavy atom. The molecule has 318 valence electrons. The van der Waals surface area contributed by atoms with E-state index in [0.29, 0.717) is 19.3 Å². The number of esters is 3. The van der Waals surface area contributed by atoms with Crippen molar-refractivity contribution in [3.05, 3.63) is 85.1 Å². The van der Waals surface area contributed by atoms with Gasteiger partial charge in [-0.2, -0.15) is 0 Å². The fourth-order valence-corrected chi connectivity index (χ4v) is 5.70. The van der Waals surface area contributed by atoms with E-state index in [1.807, 2.05) is 12.2 Å². The normalized spacial score (nSPS) is 12.8. The molecule has 6 heteroatoms. The Morgan fingerprint density at radius 1 is 0.375 bits per heavy atom. The molecule has 0 aromatic heterocycles. The van der Waals surface area contributed by atoms with Gasteiger partial charge in [0.25, 0.3) is 0 Å². The van der Waals surface area contributed by atoms with E-state index >= 15 is 0 Å². The number of hydrogen-bond acceptors (Lipinski definition) is 6. The van der Waals surface area contributed by atoms with E-state index in [4.69, 9.17) is 14.2 Å². The molecule has 0 N–H and O–H groups in total. The van der Waals surface area contributed by atoms with Crippen LogP contribution in [0.15, 0.2) is 85.1 Å². The van der Waals surface area contributed by atoms with E-state index in [9.17, 15) is 14.4 Å². The summed E-state index contributed by atoms with van der Waals surface area (Å²) in [5.74, 6) is -1.03. The summed E-state index contributed by atoms with van der Waals surface area (Å²) < 4.78 is 16.6. The number of allylic oxidation sites excluding steroid dienone is 14. The molecule has 0 bridgehead atoms. The maximum atomic E-state index is 12.7. The van der Waals surface area contributed by atoms with Gasteiger partial charge < -0.3 is 14.2 Å². The topological polar surface area (TPSA) is 78.9 Å². The lowest BCUT2D eigenvalue weighted by Gasteiger charge is -2.18. The molecule has 0 aromatic rings. The van der Waals surface area contributed by atoms with Gasteiger partial charge in [0.1, 0.15) is 13.2 Å². The van der Waals surface area contributed by atoms with E-state index in [0.717, 1.165) is 103 Å². The molecular formula is C50H82O6. The van der Waals surface area contributed by atoms with Gasteiger partial charge >= 0.3 is 17.9 Å². The Kier molecular flexibility index (Phi) is 41.6. The van der Waals surface area contributed by atoms with Crippen molar-refractivity contribution in [1.82, 2.24) is 0 Å². The molecule has 1 atom stereocenters. The molecule has 0 fully saturated rings. The SMILES string of the molecule is CC/C=C\C/C=C\C/C=C\C/C=C\C/C=C\CCC(=O)OCC(COC(=O)CCCCCC/C=C\CCCC)OC(=O)CCCCCCC/C=C\CCCCC. The van der Waals surface area contributed by atoms with Crippen LogP contribution in [0.4, 0.5) is 0 Å². The van der Waals surface area contributed by atoms with Crippen molar-refractivity contribution >= 4 is 17.9 Å². The molecule has 0 saturated carbocycles. The highest BCUT2D eigenvalue weighted by molar-refractivity contribution is 5.71. The second-order valence-electron chi connectivity index (χ2n) is 14.6. The third-order valence-electron chi connectivity index (χ3n) is 9.12. The standard InChI is InChI=1S/C50H82O6/c1-4-7-10-13-16-19-22-24-25-26-27-29-31-34-37-40-43-49(52)55-46-47(45-54-48(51)42-39-36-33-30-21-18-15-12-9-6-3)56-50(53)44-41-38-35-32-28-23-20-17-14-11-8-5-2/h7,10,15-20,24-25,27,29,34,37,47H,4-6,8-9,11-14,21-23,26,28,30-33,35-36,38-46H2,1-3H3/b10-7-,18-15-,19-16-,20-17-,25-24-,29-27-,37-34-. The summed E-state index contributed by atoms with van der Waals surface area (Å²) >= 11 is 0. The average Bonchev–Trinajstić information content (AvgIpc) is 3.19. The van der Waals surface area contributed by atoms with Crippen LogP contribution in [0.3, 0.4) is 0 Å². The van der Waals surface area contributed by atoms with Crippen molar-refractivity contribution in [1.29, 1.82) is 0 Å². The summed E-state index contributed by atoms with van der Waals surface area (Å²) in [7, 11) is 0. The Labute approximate surface area is 344 Å². The number of ether oxygens (including phenoxy) is 3. The highest BCUT2D eigenvalue weighted by atomic mass is 16.6. The molecule has 6 nitrogen and oxygen atoms in total. The summed E-state index contributed by atoms with van der Waals surface area (Å²) in [5, 5.41) is 0. The van der Waals surface area contributed by atoms with Crippen molar-refractivity contribution in [2.75, 3.05) is 13.2 Å². The predicted molar refractivity (Wildman–Crippen MR) is 237 cm³/mol. The van der Waals surface area contributed by atoms with Crippen LogP contribution in [0.5, 0.6) is 0 Å². The molecule has 0 aromatic carbocycles. The molecule has 0 heterocycles. The highest BCUT2D eigenvalue weighted by Crippen LogP contribution is 2.12. The molecule has 0 rings (SSSR count). The second kappa shape index (κ2) is 44.3.